The van der Waals surface area contributed by atoms with Crippen molar-refractivity contribution in [1.29, 1.82) is 0 Å². The first-order chi connectivity index (χ1) is 13.0. The van der Waals surface area contributed by atoms with Crippen molar-refractivity contribution in [3.63, 3.8) is 0 Å². The minimum atomic E-state index is -1.87. The van der Waals surface area contributed by atoms with Gasteiger partial charge < -0.3 is 10.2 Å². The first-order valence-electron chi connectivity index (χ1n) is 8.49. The van der Waals surface area contributed by atoms with Gasteiger partial charge in [0.2, 0.25) is 0 Å². The standard InChI is InChI=1S/C22H20N2O3/c1-16(17-12-14-20(25)15-13-17)23-24-21(26)22(27,18-8-4-2-5-9-18)19-10-6-3-7-11-19/h2-15,25,27H,1H3,(H,24,26)/b23-16+. The molecular weight excluding hydrogens is 340 g/mol. The second kappa shape index (κ2) is 7.85. The van der Waals surface area contributed by atoms with Crippen molar-refractivity contribution in [2.24, 2.45) is 5.10 Å². The molecule has 1 amide bonds. The third kappa shape index (κ3) is 3.88. The van der Waals surface area contributed by atoms with Gasteiger partial charge in [0.05, 0.1) is 5.71 Å². The molecular formula is C22H20N2O3. The van der Waals surface area contributed by atoms with E-state index in [1.54, 1.807) is 79.7 Å². The topological polar surface area (TPSA) is 81.9 Å². The second-order valence-electron chi connectivity index (χ2n) is 6.13. The second-order valence-corrected chi connectivity index (χ2v) is 6.13. The number of rotatable bonds is 5. The van der Waals surface area contributed by atoms with Gasteiger partial charge in [0.1, 0.15) is 5.75 Å². The number of aliphatic hydroxyl groups is 1. The summed E-state index contributed by atoms with van der Waals surface area (Å²) >= 11 is 0. The van der Waals surface area contributed by atoms with Gasteiger partial charge in [-0.3, -0.25) is 4.79 Å². The molecule has 5 heteroatoms. The number of benzene rings is 3. The van der Waals surface area contributed by atoms with Crippen molar-refractivity contribution in [2.45, 2.75) is 12.5 Å². The molecule has 0 spiro atoms. The average molecular weight is 360 g/mol. The Labute approximate surface area is 157 Å². The maximum absolute atomic E-state index is 12.9. The lowest BCUT2D eigenvalue weighted by molar-refractivity contribution is -0.136. The lowest BCUT2D eigenvalue weighted by Crippen LogP contribution is -2.43. The minimum Gasteiger partial charge on any atom is -0.508 e. The fraction of sp³-hybridized carbons (Fsp3) is 0.0909. The van der Waals surface area contributed by atoms with Gasteiger partial charge in [-0.2, -0.15) is 5.10 Å². The van der Waals surface area contributed by atoms with E-state index in [-0.39, 0.29) is 5.75 Å². The molecule has 0 bridgehead atoms. The van der Waals surface area contributed by atoms with Crippen LogP contribution in [0, 0.1) is 0 Å². The average Bonchev–Trinajstić information content (AvgIpc) is 2.73. The third-order valence-electron chi connectivity index (χ3n) is 4.32. The van der Waals surface area contributed by atoms with Crippen LogP contribution in [0.5, 0.6) is 5.75 Å². The summed E-state index contributed by atoms with van der Waals surface area (Å²) in [5, 5.41) is 24.8. The molecule has 0 fully saturated rings. The zero-order valence-electron chi connectivity index (χ0n) is 14.8. The van der Waals surface area contributed by atoms with Crippen molar-refractivity contribution in [3.05, 3.63) is 102 Å². The molecule has 0 atom stereocenters. The first-order valence-corrected chi connectivity index (χ1v) is 8.49. The number of amides is 1. The van der Waals surface area contributed by atoms with Gasteiger partial charge in [0.25, 0.3) is 5.91 Å². The normalized spacial score (nSPS) is 11.9. The zero-order valence-corrected chi connectivity index (χ0v) is 14.8. The van der Waals surface area contributed by atoms with E-state index in [2.05, 4.69) is 10.5 Å². The maximum atomic E-state index is 12.9. The number of hydrogen-bond acceptors (Lipinski definition) is 4. The van der Waals surface area contributed by atoms with Gasteiger partial charge in [0, 0.05) is 0 Å². The zero-order chi connectivity index (χ0) is 19.3. The van der Waals surface area contributed by atoms with Gasteiger partial charge in [-0.1, -0.05) is 60.7 Å². The van der Waals surface area contributed by atoms with Crippen molar-refractivity contribution in [1.82, 2.24) is 5.43 Å². The molecule has 3 rings (SSSR count). The highest BCUT2D eigenvalue weighted by atomic mass is 16.3. The number of carbonyl (C=O) groups is 1. The van der Waals surface area contributed by atoms with Crippen LogP contribution in [0.1, 0.15) is 23.6 Å². The minimum absolute atomic E-state index is 0.151. The van der Waals surface area contributed by atoms with Crippen LogP contribution in [-0.2, 0) is 10.4 Å². The smallest absolute Gasteiger partial charge is 0.281 e. The Hall–Kier alpha value is -3.44. The van der Waals surface area contributed by atoms with E-state index in [0.29, 0.717) is 16.8 Å². The van der Waals surface area contributed by atoms with E-state index in [1.165, 1.54) is 0 Å². The van der Waals surface area contributed by atoms with Gasteiger partial charge in [0.15, 0.2) is 5.60 Å². The molecule has 0 radical (unpaired) electrons. The Balaban J connectivity index is 1.92. The molecule has 0 aromatic heterocycles. The molecule has 0 saturated heterocycles. The third-order valence-corrected chi connectivity index (χ3v) is 4.32. The quantitative estimate of drug-likeness (QED) is 0.483. The van der Waals surface area contributed by atoms with Crippen LogP contribution >= 0.6 is 0 Å². The van der Waals surface area contributed by atoms with Crippen molar-refractivity contribution < 1.29 is 15.0 Å². The summed E-state index contributed by atoms with van der Waals surface area (Å²) in [5.74, 6) is -0.504. The number of carbonyl (C=O) groups excluding carboxylic acids is 1. The molecule has 0 aliphatic heterocycles. The van der Waals surface area contributed by atoms with E-state index >= 15 is 0 Å². The van der Waals surface area contributed by atoms with Crippen molar-refractivity contribution >= 4 is 11.6 Å². The predicted molar refractivity (Wildman–Crippen MR) is 104 cm³/mol. The van der Waals surface area contributed by atoms with E-state index in [0.717, 1.165) is 5.56 Å². The predicted octanol–water partition coefficient (Wildman–Crippen LogP) is 3.17. The SMILES string of the molecule is C/C(=N\NC(=O)C(O)(c1ccccc1)c1ccccc1)c1ccc(O)cc1. The van der Waals surface area contributed by atoms with E-state index < -0.39 is 11.5 Å². The van der Waals surface area contributed by atoms with Crippen LogP contribution in [0.3, 0.4) is 0 Å². The summed E-state index contributed by atoms with van der Waals surface area (Å²) < 4.78 is 0. The molecule has 0 aliphatic rings. The number of hydrogen-bond donors (Lipinski definition) is 3. The van der Waals surface area contributed by atoms with Crippen LogP contribution in [0.25, 0.3) is 0 Å². The van der Waals surface area contributed by atoms with Gasteiger partial charge in [-0.15, -0.1) is 0 Å². The molecule has 5 nitrogen and oxygen atoms in total. The fourth-order valence-electron chi connectivity index (χ4n) is 2.77. The summed E-state index contributed by atoms with van der Waals surface area (Å²) in [7, 11) is 0. The number of hydrazone groups is 1. The van der Waals surface area contributed by atoms with Gasteiger partial charge >= 0.3 is 0 Å². The van der Waals surface area contributed by atoms with Crippen LogP contribution in [0.15, 0.2) is 90.0 Å². The van der Waals surface area contributed by atoms with Crippen molar-refractivity contribution in [2.75, 3.05) is 0 Å². The molecule has 0 aliphatic carbocycles. The number of nitrogens with one attached hydrogen (secondary N) is 1. The molecule has 3 N–H and O–H groups in total. The lowest BCUT2D eigenvalue weighted by Gasteiger charge is -2.27. The Morgan fingerprint density at radius 2 is 1.33 bits per heavy atom. The largest absolute Gasteiger partial charge is 0.508 e. The summed E-state index contributed by atoms with van der Waals surface area (Å²) in [5.41, 5.74) is 2.79. The van der Waals surface area contributed by atoms with E-state index in [1.807, 2.05) is 12.1 Å². The lowest BCUT2D eigenvalue weighted by atomic mass is 9.85. The molecule has 27 heavy (non-hydrogen) atoms. The Bertz CT molecular complexity index is 897. The number of phenols is 1. The molecule has 0 saturated carbocycles. The van der Waals surface area contributed by atoms with Crippen LogP contribution in [0.2, 0.25) is 0 Å². The Morgan fingerprint density at radius 3 is 1.81 bits per heavy atom. The molecule has 3 aromatic carbocycles. The summed E-state index contributed by atoms with van der Waals surface area (Å²) in [4.78, 5) is 12.9. The molecule has 0 unspecified atom stereocenters. The fourth-order valence-corrected chi connectivity index (χ4v) is 2.77. The van der Waals surface area contributed by atoms with Crippen LogP contribution in [0.4, 0.5) is 0 Å². The summed E-state index contributed by atoms with van der Waals surface area (Å²) in [6.45, 7) is 1.73. The van der Waals surface area contributed by atoms with Crippen molar-refractivity contribution in [3.8, 4) is 5.75 Å². The van der Waals surface area contributed by atoms with E-state index in [9.17, 15) is 15.0 Å². The number of phenolic OH excluding ortho intramolecular Hbond substituents is 1. The summed E-state index contributed by atoms with van der Waals surface area (Å²) in [6, 6.07) is 24.0. The number of nitrogens with zero attached hydrogens (tertiary/aromatic N) is 1. The highest BCUT2D eigenvalue weighted by molar-refractivity contribution is 6.00. The van der Waals surface area contributed by atoms with Gasteiger partial charge in [-0.25, -0.2) is 5.43 Å². The maximum Gasteiger partial charge on any atom is 0.281 e. The molecule has 0 heterocycles. The monoisotopic (exact) mass is 360 g/mol. The first kappa shape index (κ1) is 18.4. The number of aromatic hydroxyl groups is 1. The molecule has 3 aromatic rings. The summed E-state index contributed by atoms with van der Waals surface area (Å²) in [6.07, 6.45) is 0. The highest BCUT2D eigenvalue weighted by Gasteiger charge is 2.39. The van der Waals surface area contributed by atoms with Crippen LogP contribution < -0.4 is 5.43 Å². The van der Waals surface area contributed by atoms with Crippen LogP contribution in [-0.4, -0.2) is 21.8 Å². The Kier molecular flexibility index (Phi) is 5.33. The highest BCUT2D eigenvalue weighted by Crippen LogP contribution is 2.29. The van der Waals surface area contributed by atoms with E-state index in [4.69, 9.17) is 0 Å². The van der Waals surface area contributed by atoms with Gasteiger partial charge in [-0.05, 0) is 47.9 Å². The molecule has 136 valence electrons. The Morgan fingerprint density at radius 1 is 0.852 bits per heavy atom.